The van der Waals surface area contributed by atoms with E-state index in [4.69, 9.17) is 5.73 Å². The largest absolute Gasteiger partial charge is 0.396 e. The molecule has 0 amide bonds. The highest BCUT2D eigenvalue weighted by Crippen LogP contribution is 2.42. The molecule has 0 aliphatic heterocycles. The quantitative estimate of drug-likeness (QED) is 0.839. The summed E-state index contributed by atoms with van der Waals surface area (Å²) in [6.45, 7) is 2.22. The molecule has 0 radical (unpaired) electrons. The van der Waals surface area contributed by atoms with Crippen molar-refractivity contribution >= 4 is 37.6 Å². The fourth-order valence-electron chi connectivity index (χ4n) is 2.95. The van der Waals surface area contributed by atoms with Crippen LogP contribution >= 0.6 is 11.3 Å². The zero-order valence-electron chi connectivity index (χ0n) is 12.7. The number of ketones is 1. The van der Waals surface area contributed by atoms with Gasteiger partial charge in [0.25, 0.3) is 0 Å². The van der Waals surface area contributed by atoms with Gasteiger partial charge in [-0.25, -0.2) is 8.42 Å². The minimum atomic E-state index is -3.46. The third-order valence-electron chi connectivity index (χ3n) is 3.93. The average Bonchev–Trinajstić information content (AvgIpc) is 2.94. The number of nitrogens with zero attached hydrogens (tertiary/aromatic N) is 1. The Morgan fingerprint density at radius 3 is 2.43 bits per heavy atom. The predicted molar refractivity (Wildman–Crippen MR) is 87.1 cm³/mol. The Morgan fingerprint density at radius 2 is 1.95 bits per heavy atom. The Morgan fingerprint density at radius 1 is 1.38 bits per heavy atom. The van der Waals surface area contributed by atoms with E-state index in [9.17, 15) is 13.2 Å². The van der Waals surface area contributed by atoms with E-state index in [0.29, 0.717) is 15.8 Å². The number of thiophene rings is 1. The van der Waals surface area contributed by atoms with Crippen LogP contribution in [0.3, 0.4) is 0 Å². The van der Waals surface area contributed by atoms with Crippen molar-refractivity contribution in [1.29, 1.82) is 0 Å². The van der Waals surface area contributed by atoms with Crippen molar-refractivity contribution in [1.82, 2.24) is 0 Å². The van der Waals surface area contributed by atoms with Crippen LogP contribution in [0.4, 0.5) is 10.7 Å². The molecule has 1 saturated carbocycles. The van der Waals surface area contributed by atoms with Gasteiger partial charge in [0.15, 0.2) is 15.6 Å². The molecule has 1 fully saturated rings. The Hall–Kier alpha value is -1.08. The molecule has 0 aromatic carbocycles. The molecule has 0 bridgehead atoms. The van der Waals surface area contributed by atoms with Crippen LogP contribution in [0.25, 0.3) is 0 Å². The number of hydrogen-bond acceptors (Lipinski definition) is 6. The number of Topliss-reactive ketones (excluding diaryl/α,β-unsaturated/α-hetero) is 1. The van der Waals surface area contributed by atoms with Gasteiger partial charge in [-0.2, -0.15) is 0 Å². The van der Waals surface area contributed by atoms with Gasteiger partial charge in [0.1, 0.15) is 9.90 Å². The first-order chi connectivity index (χ1) is 9.71. The fraction of sp³-hybridized carbons (Fsp3) is 0.643. The van der Waals surface area contributed by atoms with Crippen LogP contribution < -0.4 is 10.6 Å². The number of rotatable bonds is 5. The van der Waals surface area contributed by atoms with Gasteiger partial charge in [0, 0.05) is 26.8 Å². The van der Waals surface area contributed by atoms with Crippen LogP contribution in [0.5, 0.6) is 0 Å². The Kier molecular flexibility index (Phi) is 4.63. The molecule has 1 aromatic rings. The molecule has 21 heavy (non-hydrogen) atoms. The molecule has 2 N–H and O–H groups in total. The van der Waals surface area contributed by atoms with E-state index in [1.807, 2.05) is 11.9 Å². The van der Waals surface area contributed by atoms with Gasteiger partial charge in [-0.3, -0.25) is 4.79 Å². The lowest BCUT2D eigenvalue weighted by Crippen LogP contribution is -2.24. The maximum absolute atomic E-state index is 12.0. The summed E-state index contributed by atoms with van der Waals surface area (Å²) in [5.41, 5.74) is 6.02. The summed E-state index contributed by atoms with van der Waals surface area (Å²) in [6, 6.07) is 0. The minimum Gasteiger partial charge on any atom is -0.396 e. The zero-order chi connectivity index (χ0) is 15.8. The standard InChI is InChI=1S/C14H22N2O3S2/c1-9(17)12-11(15)13(21(3,18)19)14(20-12)16(2)8-10-6-4-5-7-10/h10H,4-8,15H2,1-3H3. The Bertz CT molecular complexity index is 643. The summed E-state index contributed by atoms with van der Waals surface area (Å²) >= 11 is 1.18. The monoisotopic (exact) mass is 330 g/mol. The first-order valence-electron chi connectivity index (χ1n) is 7.06. The number of nitrogen functional groups attached to an aromatic ring is 1. The maximum atomic E-state index is 12.0. The number of anilines is 2. The first-order valence-corrected chi connectivity index (χ1v) is 9.77. The Labute approximate surface area is 130 Å². The van der Waals surface area contributed by atoms with Gasteiger partial charge in [-0.15, -0.1) is 11.3 Å². The molecular formula is C14H22N2O3S2. The van der Waals surface area contributed by atoms with E-state index >= 15 is 0 Å². The third-order valence-corrected chi connectivity index (χ3v) is 6.63. The van der Waals surface area contributed by atoms with Crippen molar-refractivity contribution in [3.05, 3.63) is 4.88 Å². The molecule has 7 heteroatoms. The topological polar surface area (TPSA) is 80.5 Å². The summed E-state index contributed by atoms with van der Waals surface area (Å²) in [5.74, 6) is 0.398. The van der Waals surface area contributed by atoms with Crippen LogP contribution in [0.1, 0.15) is 42.3 Å². The third kappa shape index (κ3) is 3.40. The van der Waals surface area contributed by atoms with Crippen molar-refractivity contribution in [2.45, 2.75) is 37.5 Å². The first kappa shape index (κ1) is 16.3. The molecule has 118 valence electrons. The number of carbonyl (C=O) groups is 1. The number of sulfone groups is 1. The summed E-state index contributed by atoms with van der Waals surface area (Å²) in [7, 11) is -1.59. The molecule has 1 aromatic heterocycles. The van der Waals surface area contributed by atoms with Crippen LogP contribution in [0.15, 0.2) is 4.90 Å². The number of nitrogens with two attached hydrogens (primary N) is 1. The minimum absolute atomic E-state index is 0.100. The maximum Gasteiger partial charge on any atom is 0.180 e. The Balaban J connectivity index is 2.41. The van der Waals surface area contributed by atoms with E-state index in [1.54, 1.807) is 0 Å². The van der Waals surface area contributed by atoms with Crippen molar-refractivity contribution in [3.63, 3.8) is 0 Å². The highest BCUT2D eigenvalue weighted by molar-refractivity contribution is 7.91. The van der Waals surface area contributed by atoms with Gasteiger partial charge < -0.3 is 10.6 Å². The second kappa shape index (κ2) is 5.96. The molecule has 0 atom stereocenters. The summed E-state index contributed by atoms with van der Waals surface area (Å²) in [6.07, 6.45) is 5.98. The van der Waals surface area contributed by atoms with Crippen molar-refractivity contribution in [2.75, 3.05) is 30.5 Å². The van der Waals surface area contributed by atoms with E-state index < -0.39 is 9.84 Å². The number of hydrogen-bond donors (Lipinski definition) is 1. The van der Waals surface area contributed by atoms with Gasteiger partial charge >= 0.3 is 0 Å². The summed E-state index contributed by atoms with van der Waals surface area (Å²) < 4.78 is 24.1. The van der Waals surface area contributed by atoms with Crippen LogP contribution in [0.2, 0.25) is 0 Å². The lowest BCUT2D eigenvalue weighted by molar-refractivity contribution is 0.102. The highest BCUT2D eigenvalue weighted by Gasteiger charge is 2.28. The highest BCUT2D eigenvalue weighted by atomic mass is 32.2. The smallest absolute Gasteiger partial charge is 0.180 e. The lowest BCUT2D eigenvalue weighted by Gasteiger charge is -2.22. The van der Waals surface area contributed by atoms with Crippen LogP contribution in [0, 0.1) is 5.92 Å². The van der Waals surface area contributed by atoms with Crippen molar-refractivity contribution in [2.24, 2.45) is 5.92 Å². The molecule has 1 aliphatic carbocycles. The average molecular weight is 330 g/mol. The van der Waals surface area contributed by atoms with Crippen molar-refractivity contribution < 1.29 is 13.2 Å². The van der Waals surface area contributed by atoms with Gasteiger partial charge in [-0.1, -0.05) is 12.8 Å². The lowest BCUT2D eigenvalue weighted by atomic mass is 10.1. The van der Waals surface area contributed by atoms with E-state index in [1.165, 1.54) is 43.9 Å². The van der Waals surface area contributed by atoms with Crippen molar-refractivity contribution in [3.8, 4) is 0 Å². The van der Waals surface area contributed by atoms with Gasteiger partial charge in [0.2, 0.25) is 0 Å². The predicted octanol–water partition coefficient (Wildman–Crippen LogP) is 2.56. The normalized spacial score (nSPS) is 16.3. The SMILES string of the molecule is CC(=O)c1sc(N(C)CC2CCCC2)c(S(C)(=O)=O)c1N. The molecule has 5 nitrogen and oxygen atoms in total. The molecule has 0 spiro atoms. The van der Waals surface area contributed by atoms with E-state index in [-0.39, 0.29) is 16.4 Å². The van der Waals surface area contributed by atoms with E-state index in [2.05, 4.69) is 0 Å². The van der Waals surface area contributed by atoms with Gasteiger partial charge in [0.05, 0.1) is 10.6 Å². The van der Waals surface area contributed by atoms with Crippen LogP contribution in [-0.4, -0.2) is 34.0 Å². The molecular weight excluding hydrogens is 308 g/mol. The second-order valence-corrected chi connectivity index (χ2v) is 8.79. The van der Waals surface area contributed by atoms with E-state index in [0.717, 1.165) is 12.8 Å². The summed E-state index contributed by atoms with van der Waals surface area (Å²) in [5, 5.41) is 0.590. The zero-order valence-corrected chi connectivity index (χ0v) is 14.3. The van der Waals surface area contributed by atoms with Crippen LogP contribution in [-0.2, 0) is 9.84 Å². The molecule has 1 heterocycles. The fourth-order valence-corrected chi connectivity index (χ4v) is 5.55. The molecule has 1 aliphatic rings. The molecule has 2 rings (SSSR count). The summed E-state index contributed by atoms with van der Waals surface area (Å²) in [4.78, 5) is 14.0. The molecule has 0 unspecified atom stereocenters. The second-order valence-electron chi connectivity index (χ2n) is 5.84. The van der Waals surface area contributed by atoms with Gasteiger partial charge in [-0.05, 0) is 18.8 Å². The molecule has 0 saturated heterocycles. The number of carbonyl (C=O) groups excluding carboxylic acids is 1.